The van der Waals surface area contributed by atoms with Gasteiger partial charge in [-0.05, 0) is 0 Å². The molecule has 0 unspecified atom stereocenters. The summed E-state index contributed by atoms with van der Waals surface area (Å²) in [5.41, 5.74) is 0. The summed E-state index contributed by atoms with van der Waals surface area (Å²) in [6, 6.07) is 0. The standard InChI is InChI=1S/2C4H9.Al.HI/c2*1-4(2)3;;/h2*1-3H3;;1H/q;;+1;/p-1. The molecule has 0 aliphatic rings. The first-order chi connectivity index (χ1) is 3.71. The molecule has 0 bridgehead atoms. The van der Waals surface area contributed by atoms with E-state index < -0.39 is 0 Å². The minimum atomic E-state index is 0. The maximum absolute atomic E-state index is 2.33. The van der Waals surface area contributed by atoms with Crippen LogP contribution in [0.15, 0.2) is 0 Å². The molecule has 0 N–H and O–H groups in total. The fraction of sp³-hybridized carbons (Fsp3) is 1.00. The summed E-state index contributed by atoms with van der Waals surface area (Å²) in [6.07, 6.45) is 0. The van der Waals surface area contributed by atoms with Gasteiger partial charge in [-0.25, -0.2) is 0 Å². The van der Waals surface area contributed by atoms with Gasteiger partial charge in [0.1, 0.15) is 0 Å². The SMILES string of the molecule is C[C](C)(C)[Al+][C](C)(C)C.[I-]. The summed E-state index contributed by atoms with van der Waals surface area (Å²) in [4.78, 5) is 0. The Bertz CT molecular complexity index is 74.4. The minimum absolute atomic E-state index is 0. The number of rotatable bonds is 0. The van der Waals surface area contributed by atoms with Gasteiger partial charge >= 0.3 is 65.3 Å². The Morgan fingerprint density at radius 2 is 0.900 bits per heavy atom. The van der Waals surface area contributed by atoms with Gasteiger partial charge < -0.3 is 24.0 Å². The van der Waals surface area contributed by atoms with Crippen molar-refractivity contribution < 1.29 is 24.0 Å². The smallest absolute Gasteiger partial charge is 1.00 e. The fourth-order valence-electron chi connectivity index (χ4n) is 1.30. The van der Waals surface area contributed by atoms with Crippen LogP contribution >= 0.6 is 0 Å². The van der Waals surface area contributed by atoms with E-state index in [1.54, 1.807) is 0 Å². The third-order valence-electron chi connectivity index (χ3n) is 0.866. The molecule has 0 heterocycles. The molecular weight excluding hydrogens is 250 g/mol. The average Bonchev–Trinajstić information content (AvgIpc) is 1.14. The first kappa shape index (κ1) is 13.8. The van der Waals surface area contributed by atoms with E-state index in [1.807, 2.05) is 0 Å². The second-order valence-electron chi connectivity index (χ2n) is 4.88. The Kier molecular flexibility index (Phi) is 5.98. The largest absolute Gasteiger partial charge is 1.00 e. The van der Waals surface area contributed by atoms with Gasteiger partial charge in [0.25, 0.3) is 0 Å². The van der Waals surface area contributed by atoms with Gasteiger partial charge in [-0.1, -0.05) is 0 Å². The third-order valence-corrected chi connectivity index (χ3v) is 2.60. The second kappa shape index (κ2) is 4.33. The molecule has 0 aromatic rings. The topological polar surface area (TPSA) is 0 Å². The van der Waals surface area contributed by atoms with Gasteiger partial charge in [-0.2, -0.15) is 0 Å². The summed E-state index contributed by atoms with van der Waals surface area (Å²) in [5.74, 6) is 0. The molecule has 0 aromatic heterocycles. The van der Waals surface area contributed by atoms with Crippen molar-refractivity contribution in [3.63, 3.8) is 0 Å². The van der Waals surface area contributed by atoms with Crippen LogP contribution in [0.1, 0.15) is 41.5 Å². The van der Waals surface area contributed by atoms with Crippen molar-refractivity contribution in [1.82, 2.24) is 0 Å². The van der Waals surface area contributed by atoms with Crippen LogP contribution in [0.5, 0.6) is 0 Å². The summed E-state index contributed by atoms with van der Waals surface area (Å²) in [6.45, 7) is 14.0. The number of hydrogen-bond donors (Lipinski definition) is 0. The molecule has 60 valence electrons. The monoisotopic (exact) mass is 268 g/mol. The molecule has 2 heteroatoms. The summed E-state index contributed by atoms with van der Waals surface area (Å²) in [7, 11) is 0. The van der Waals surface area contributed by atoms with Gasteiger partial charge in [0, 0.05) is 0 Å². The van der Waals surface area contributed by atoms with Gasteiger partial charge in [-0.3, -0.25) is 0 Å². The van der Waals surface area contributed by atoms with Crippen LogP contribution in [-0.2, 0) is 0 Å². The van der Waals surface area contributed by atoms with Crippen LogP contribution in [0.25, 0.3) is 0 Å². The Morgan fingerprint density at radius 3 is 0.900 bits per heavy atom. The van der Waals surface area contributed by atoms with E-state index in [0.717, 1.165) is 0 Å². The zero-order chi connectivity index (χ0) is 7.71. The van der Waals surface area contributed by atoms with Gasteiger partial charge in [0.05, 0.1) is 0 Å². The van der Waals surface area contributed by atoms with E-state index in [4.69, 9.17) is 0 Å². The molecule has 0 amide bonds. The molecule has 10 heavy (non-hydrogen) atoms. The van der Waals surface area contributed by atoms with E-state index in [2.05, 4.69) is 41.5 Å². The van der Waals surface area contributed by atoms with Crippen LogP contribution in [-0.4, -0.2) is 15.2 Å². The molecule has 0 radical (unpaired) electrons. The van der Waals surface area contributed by atoms with Crippen molar-refractivity contribution in [2.75, 3.05) is 0 Å². The van der Waals surface area contributed by atoms with Crippen molar-refractivity contribution in [3.8, 4) is 0 Å². The first-order valence-corrected chi connectivity index (χ1v) is 4.73. The molecule has 0 spiro atoms. The van der Waals surface area contributed by atoms with Crippen molar-refractivity contribution in [1.29, 1.82) is 0 Å². The maximum atomic E-state index is 2.33. The quantitative estimate of drug-likeness (QED) is 0.433. The molecular formula is C8H18AlI. The van der Waals surface area contributed by atoms with Crippen molar-refractivity contribution in [3.05, 3.63) is 0 Å². The van der Waals surface area contributed by atoms with Crippen molar-refractivity contribution in [2.24, 2.45) is 0 Å². The van der Waals surface area contributed by atoms with Crippen molar-refractivity contribution >= 4 is 15.2 Å². The normalized spacial score (nSPS) is 11.8. The Hall–Kier alpha value is 1.26. The average molecular weight is 268 g/mol. The van der Waals surface area contributed by atoms with Crippen LogP contribution in [0.2, 0.25) is 8.55 Å². The molecule has 0 fully saturated rings. The fourth-order valence-corrected chi connectivity index (χ4v) is 3.90. The van der Waals surface area contributed by atoms with E-state index in [9.17, 15) is 0 Å². The third kappa shape index (κ3) is 12.0. The zero-order valence-electron chi connectivity index (χ0n) is 7.96. The molecule has 0 aliphatic carbocycles. The van der Waals surface area contributed by atoms with Crippen LogP contribution in [0.3, 0.4) is 0 Å². The molecule has 0 saturated heterocycles. The molecule has 0 rings (SSSR count). The van der Waals surface area contributed by atoms with Gasteiger partial charge in [0.2, 0.25) is 0 Å². The van der Waals surface area contributed by atoms with E-state index in [0.29, 0.717) is 23.8 Å². The summed E-state index contributed by atoms with van der Waals surface area (Å²) in [5, 5.41) is 0. The predicted molar refractivity (Wildman–Crippen MR) is 45.2 cm³/mol. The van der Waals surface area contributed by atoms with Gasteiger partial charge in [0.15, 0.2) is 0 Å². The van der Waals surface area contributed by atoms with E-state index in [1.165, 1.54) is 0 Å². The summed E-state index contributed by atoms with van der Waals surface area (Å²) >= 11 is 0.569. The second-order valence-corrected chi connectivity index (χ2v) is 8.63. The molecule has 0 aromatic carbocycles. The van der Waals surface area contributed by atoms with Crippen LogP contribution in [0.4, 0.5) is 0 Å². The molecule has 0 nitrogen and oxygen atoms in total. The maximum Gasteiger partial charge on any atom is -1.00 e. The van der Waals surface area contributed by atoms with E-state index in [-0.39, 0.29) is 24.0 Å². The Labute approximate surface area is 88.9 Å². The van der Waals surface area contributed by atoms with E-state index >= 15 is 0 Å². The Morgan fingerprint density at radius 1 is 0.700 bits per heavy atom. The van der Waals surface area contributed by atoms with Gasteiger partial charge in [-0.15, -0.1) is 0 Å². The number of halogens is 1. The van der Waals surface area contributed by atoms with Crippen LogP contribution < -0.4 is 24.0 Å². The predicted octanol–water partition coefficient (Wildman–Crippen LogP) is 0.131. The van der Waals surface area contributed by atoms with Crippen molar-refractivity contribution in [2.45, 2.75) is 50.1 Å². The molecule has 0 saturated carbocycles. The Balaban J connectivity index is 0. The zero-order valence-corrected chi connectivity index (χ0v) is 11.3. The summed E-state index contributed by atoms with van der Waals surface area (Å²) < 4.78 is 1.14. The molecule has 0 aliphatic heterocycles. The number of hydrogen-bond acceptors (Lipinski definition) is 0. The van der Waals surface area contributed by atoms with Crippen LogP contribution in [0, 0.1) is 0 Å². The first-order valence-electron chi connectivity index (χ1n) is 3.58. The molecule has 0 atom stereocenters. The minimum Gasteiger partial charge on any atom is -1.00 e.